The molecule has 1 atom stereocenters. The third-order valence-corrected chi connectivity index (χ3v) is 6.98. The van der Waals surface area contributed by atoms with Crippen molar-refractivity contribution in [3.63, 3.8) is 0 Å². The molecule has 0 radical (unpaired) electrons. The second-order valence-corrected chi connectivity index (χ2v) is 8.95. The molecule has 2 heterocycles. The third-order valence-electron chi connectivity index (χ3n) is 6.98. The van der Waals surface area contributed by atoms with E-state index in [4.69, 9.17) is 4.74 Å². The van der Waals surface area contributed by atoms with Gasteiger partial charge in [0.15, 0.2) is 5.96 Å². The summed E-state index contributed by atoms with van der Waals surface area (Å²) in [5.41, 5.74) is 0.275. The monoisotopic (exact) mass is 507 g/mol. The van der Waals surface area contributed by atoms with Crippen LogP contribution in [0.2, 0.25) is 0 Å². The summed E-state index contributed by atoms with van der Waals surface area (Å²) >= 11 is 0. The number of likely N-dealkylation sites (N-methyl/N-ethyl adjacent to an activating group) is 1. The van der Waals surface area contributed by atoms with Gasteiger partial charge in [-0.05, 0) is 39.3 Å². The summed E-state index contributed by atoms with van der Waals surface area (Å²) in [7, 11) is 6.43. The first-order valence-electron chi connectivity index (χ1n) is 11.1. The Morgan fingerprint density at radius 3 is 2.32 bits per heavy atom. The van der Waals surface area contributed by atoms with Crippen molar-refractivity contribution in [2.24, 2.45) is 10.9 Å². The summed E-state index contributed by atoms with van der Waals surface area (Å²) in [5.74, 6) is 1.83. The number of guanidine groups is 1. The molecule has 3 rings (SSSR count). The lowest BCUT2D eigenvalue weighted by atomic mass is 9.88. The van der Waals surface area contributed by atoms with Crippen molar-refractivity contribution in [1.29, 1.82) is 0 Å². The molecular weight excluding hydrogens is 465 g/mol. The van der Waals surface area contributed by atoms with Crippen LogP contribution >= 0.6 is 24.0 Å². The Balaban J connectivity index is 0.00000280. The SMILES string of the molecule is CN=C(NCC1(N(C)C)CCCCCC1)N1CCN(CC2CCOC2)CC1.I. The zero-order valence-electron chi connectivity index (χ0n) is 18.3. The van der Waals surface area contributed by atoms with Crippen LogP contribution in [0.15, 0.2) is 4.99 Å². The molecule has 1 aliphatic carbocycles. The molecule has 0 bridgehead atoms. The van der Waals surface area contributed by atoms with Crippen LogP contribution in [0.4, 0.5) is 0 Å². The number of ether oxygens (including phenoxy) is 1. The number of nitrogens with zero attached hydrogens (tertiary/aromatic N) is 4. The Kier molecular flexibility index (Phi) is 10.3. The molecule has 3 fully saturated rings. The first-order valence-corrected chi connectivity index (χ1v) is 11.1. The minimum Gasteiger partial charge on any atom is -0.381 e. The van der Waals surface area contributed by atoms with Crippen LogP contribution < -0.4 is 5.32 Å². The summed E-state index contributed by atoms with van der Waals surface area (Å²) in [4.78, 5) is 12.1. The normalized spacial score (nSPS) is 26.8. The van der Waals surface area contributed by atoms with E-state index in [0.717, 1.165) is 57.8 Å². The molecule has 0 amide bonds. The molecule has 0 aromatic heterocycles. The first kappa shape index (κ1) is 24.2. The van der Waals surface area contributed by atoms with E-state index in [1.54, 1.807) is 0 Å². The molecule has 28 heavy (non-hydrogen) atoms. The Hall–Kier alpha value is -0.120. The Bertz CT molecular complexity index is 465. The van der Waals surface area contributed by atoms with Crippen LogP contribution in [0.3, 0.4) is 0 Å². The second kappa shape index (κ2) is 11.9. The highest BCUT2D eigenvalue weighted by molar-refractivity contribution is 14.0. The lowest BCUT2D eigenvalue weighted by Gasteiger charge is -2.42. The maximum atomic E-state index is 5.53. The fourth-order valence-electron chi connectivity index (χ4n) is 4.98. The van der Waals surface area contributed by atoms with E-state index in [9.17, 15) is 0 Å². The fraction of sp³-hybridized carbons (Fsp3) is 0.952. The van der Waals surface area contributed by atoms with Crippen molar-refractivity contribution < 1.29 is 4.74 Å². The summed E-state index contributed by atoms with van der Waals surface area (Å²) in [6, 6.07) is 0. The average Bonchev–Trinajstić information content (AvgIpc) is 3.06. The van der Waals surface area contributed by atoms with Gasteiger partial charge >= 0.3 is 0 Å². The summed E-state index contributed by atoms with van der Waals surface area (Å²) < 4.78 is 5.53. The molecule has 1 unspecified atom stereocenters. The molecule has 2 saturated heterocycles. The van der Waals surface area contributed by atoms with Gasteiger partial charge in [-0.25, -0.2) is 0 Å². The average molecular weight is 508 g/mol. The summed E-state index contributed by atoms with van der Waals surface area (Å²) in [6.07, 6.45) is 9.29. The largest absolute Gasteiger partial charge is 0.381 e. The molecule has 164 valence electrons. The number of aliphatic imine (C=N–C) groups is 1. The van der Waals surface area contributed by atoms with Crippen LogP contribution in [-0.4, -0.2) is 99.8 Å². The fourth-order valence-corrected chi connectivity index (χ4v) is 4.98. The van der Waals surface area contributed by atoms with E-state index in [1.165, 1.54) is 51.5 Å². The van der Waals surface area contributed by atoms with Crippen molar-refractivity contribution in [2.45, 2.75) is 50.5 Å². The van der Waals surface area contributed by atoms with Crippen LogP contribution in [0.5, 0.6) is 0 Å². The van der Waals surface area contributed by atoms with Gasteiger partial charge in [0.2, 0.25) is 0 Å². The van der Waals surface area contributed by atoms with Crippen molar-refractivity contribution >= 4 is 29.9 Å². The van der Waals surface area contributed by atoms with Gasteiger partial charge in [-0.3, -0.25) is 9.89 Å². The molecule has 3 aliphatic rings. The predicted molar refractivity (Wildman–Crippen MR) is 128 cm³/mol. The van der Waals surface area contributed by atoms with Crippen molar-refractivity contribution in [3.05, 3.63) is 0 Å². The number of halogens is 1. The second-order valence-electron chi connectivity index (χ2n) is 8.95. The van der Waals surface area contributed by atoms with Gasteiger partial charge in [0.1, 0.15) is 0 Å². The molecular formula is C21H42IN5O. The highest BCUT2D eigenvalue weighted by atomic mass is 127. The molecule has 1 N–H and O–H groups in total. The zero-order chi connectivity index (χ0) is 19.1. The minimum absolute atomic E-state index is 0. The van der Waals surface area contributed by atoms with Crippen molar-refractivity contribution in [2.75, 3.05) is 73.6 Å². The quantitative estimate of drug-likeness (QED) is 0.268. The van der Waals surface area contributed by atoms with Crippen molar-refractivity contribution in [3.8, 4) is 0 Å². The Labute approximate surface area is 189 Å². The molecule has 6 nitrogen and oxygen atoms in total. The van der Waals surface area contributed by atoms with E-state index in [1.807, 2.05) is 7.05 Å². The van der Waals surface area contributed by atoms with Gasteiger partial charge in [-0.1, -0.05) is 25.7 Å². The van der Waals surface area contributed by atoms with E-state index in [2.05, 4.69) is 39.1 Å². The molecule has 0 aromatic carbocycles. The number of hydrogen-bond acceptors (Lipinski definition) is 4. The molecule has 1 saturated carbocycles. The topological polar surface area (TPSA) is 43.3 Å². The third kappa shape index (κ3) is 6.44. The summed E-state index contributed by atoms with van der Waals surface area (Å²) in [6.45, 7) is 8.53. The van der Waals surface area contributed by atoms with Crippen LogP contribution in [0, 0.1) is 5.92 Å². The summed E-state index contributed by atoms with van der Waals surface area (Å²) in [5, 5.41) is 3.74. The minimum atomic E-state index is 0. The van der Waals surface area contributed by atoms with E-state index >= 15 is 0 Å². The highest BCUT2D eigenvalue weighted by Crippen LogP contribution is 2.30. The van der Waals surface area contributed by atoms with Gasteiger partial charge in [0.25, 0.3) is 0 Å². The zero-order valence-corrected chi connectivity index (χ0v) is 20.6. The predicted octanol–water partition coefficient (Wildman–Crippen LogP) is 2.49. The van der Waals surface area contributed by atoms with E-state index < -0.39 is 0 Å². The highest BCUT2D eigenvalue weighted by Gasteiger charge is 2.34. The number of piperazine rings is 1. The molecule has 0 spiro atoms. The van der Waals surface area contributed by atoms with Crippen LogP contribution in [-0.2, 0) is 4.74 Å². The Morgan fingerprint density at radius 2 is 1.79 bits per heavy atom. The lowest BCUT2D eigenvalue weighted by molar-refractivity contribution is 0.125. The van der Waals surface area contributed by atoms with Crippen LogP contribution in [0.25, 0.3) is 0 Å². The van der Waals surface area contributed by atoms with Gasteiger partial charge in [-0.2, -0.15) is 0 Å². The number of nitrogens with one attached hydrogen (secondary N) is 1. The van der Waals surface area contributed by atoms with Gasteiger partial charge in [0.05, 0.1) is 6.61 Å². The van der Waals surface area contributed by atoms with Gasteiger partial charge in [-0.15, -0.1) is 24.0 Å². The number of rotatable bonds is 5. The van der Waals surface area contributed by atoms with Gasteiger partial charge < -0.3 is 19.9 Å². The lowest BCUT2D eigenvalue weighted by Crippen LogP contribution is -2.57. The smallest absolute Gasteiger partial charge is 0.193 e. The maximum absolute atomic E-state index is 5.53. The van der Waals surface area contributed by atoms with Crippen LogP contribution in [0.1, 0.15) is 44.9 Å². The molecule has 0 aromatic rings. The molecule has 2 aliphatic heterocycles. The van der Waals surface area contributed by atoms with Gasteiger partial charge in [0, 0.05) is 58.5 Å². The van der Waals surface area contributed by atoms with Crippen molar-refractivity contribution in [1.82, 2.24) is 20.0 Å². The first-order chi connectivity index (χ1) is 13.1. The Morgan fingerprint density at radius 1 is 1.11 bits per heavy atom. The maximum Gasteiger partial charge on any atom is 0.193 e. The van der Waals surface area contributed by atoms with E-state index in [0.29, 0.717) is 0 Å². The standard InChI is InChI=1S/C21H41N5O.HI/c1-22-20(23-18-21(24(2)3)9-6-4-5-7-10-21)26-13-11-25(12-14-26)16-19-8-15-27-17-19;/h19H,4-18H2,1-3H3,(H,22,23);1H. The number of hydrogen-bond donors (Lipinski definition) is 1. The van der Waals surface area contributed by atoms with E-state index in [-0.39, 0.29) is 29.5 Å². The molecule has 7 heteroatoms.